The average molecular weight is 341 g/mol. The number of carbonyl (C=O) groups is 1. The van der Waals surface area contributed by atoms with Crippen LogP contribution in [0.3, 0.4) is 0 Å². The average Bonchev–Trinajstić information content (AvgIpc) is 3.15. The molecule has 2 atom stereocenters. The van der Waals surface area contributed by atoms with Crippen molar-refractivity contribution >= 4 is 5.91 Å². The molecule has 1 aromatic carbocycles. The van der Waals surface area contributed by atoms with Gasteiger partial charge in [-0.2, -0.15) is 0 Å². The van der Waals surface area contributed by atoms with Crippen molar-refractivity contribution in [1.29, 1.82) is 0 Å². The highest BCUT2D eigenvalue weighted by atomic mass is 16.5. The van der Waals surface area contributed by atoms with Crippen molar-refractivity contribution in [2.45, 2.75) is 46.6 Å². The normalized spacial score (nSPS) is 17.7. The number of benzene rings is 1. The molecule has 1 N–H and O–H groups in total. The minimum atomic E-state index is -0.0194. The van der Waals surface area contributed by atoms with Crippen molar-refractivity contribution in [2.24, 2.45) is 11.8 Å². The number of rotatable bonds is 5. The number of methoxy groups -OCH3 is 1. The number of hydrogen-bond donors (Lipinski definition) is 1. The third-order valence-corrected chi connectivity index (χ3v) is 5.60. The first-order valence-corrected chi connectivity index (χ1v) is 8.97. The van der Waals surface area contributed by atoms with E-state index in [1.165, 1.54) is 22.3 Å². The fourth-order valence-electron chi connectivity index (χ4n) is 3.92. The van der Waals surface area contributed by atoms with Crippen LogP contribution in [-0.2, 0) is 24.2 Å². The van der Waals surface area contributed by atoms with Gasteiger partial charge in [0.15, 0.2) is 0 Å². The largest absolute Gasteiger partial charge is 0.496 e. The van der Waals surface area contributed by atoms with E-state index in [1.807, 2.05) is 19.1 Å². The fourth-order valence-corrected chi connectivity index (χ4v) is 3.92. The van der Waals surface area contributed by atoms with Gasteiger partial charge in [-0.1, -0.05) is 6.92 Å². The molecular weight excluding hydrogens is 314 g/mol. The molecule has 0 bridgehead atoms. The first-order valence-electron chi connectivity index (χ1n) is 8.97. The van der Waals surface area contributed by atoms with Gasteiger partial charge < -0.3 is 14.5 Å². The van der Waals surface area contributed by atoms with Gasteiger partial charge in [-0.3, -0.25) is 4.79 Å². The summed E-state index contributed by atoms with van der Waals surface area (Å²) >= 11 is 0. The van der Waals surface area contributed by atoms with Crippen molar-refractivity contribution in [3.8, 4) is 5.75 Å². The van der Waals surface area contributed by atoms with Crippen molar-refractivity contribution in [3.63, 3.8) is 0 Å². The van der Waals surface area contributed by atoms with Crippen molar-refractivity contribution in [2.75, 3.05) is 7.11 Å². The van der Waals surface area contributed by atoms with Crippen molar-refractivity contribution in [1.82, 2.24) is 5.32 Å². The van der Waals surface area contributed by atoms with Crippen LogP contribution in [0.25, 0.3) is 0 Å². The van der Waals surface area contributed by atoms with Crippen LogP contribution in [0, 0.1) is 25.7 Å². The SMILES string of the molecule is COc1cc(C)c2c(c1C)CC([C@H](C)C(=O)NCc1ccco1)CC2. The Balaban J connectivity index is 1.71. The van der Waals surface area contributed by atoms with Gasteiger partial charge in [-0.05, 0) is 79.5 Å². The second kappa shape index (κ2) is 7.34. The fraction of sp³-hybridized carbons (Fsp3) is 0.476. The summed E-state index contributed by atoms with van der Waals surface area (Å²) in [4.78, 5) is 12.5. The number of nitrogens with one attached hydrogen (secondary N) is 1. The molecule has 2 aromatic rings. The molecule has 134 valence electrons. The Morgan fingerprint density at radius 1 is 1.40 bits per heavy atom. The Morgan fingerprint density at radius 3 is 2.88 bits per heavy atom. The van der Waals surface area contributed by atoms with Crippen LogP contribution in [0.15, 0.2) is 28.9 Å². The zero-order chi connectivity index (χ0) is 18.0. The predicted molar refractivity (Wildman–Crippen MR) is 97.7 cm³/mol. The van der Waals surface area contributed by atoms with Crippen molar-refractivity contribution < 1.29 is 13.9 Å². The summed E-state index contributed by atoms with van der Waals surface area (Å²) in [7, 11) is 1.72. The van der Waals surface area contributed by atoms with E-state index in [0.717, 1.165) is 30.8 Å². The molecule has 25 heavy (non-hydrogen) atoms. The summed E-state index contributed by atoms with van der Waals surface area (Å²) in [6.07, 6.45) is 4.65. The lowest BCUT2D eigenvalue weighted by molar-refractivity contribution is -0.126. The number of hydrogen-bond acceptors (Lipinski definition) is 3. The van der Waals surface area contributed by atoms with Crippen LogP contribution in [0.1, 0.15) is 41.4 Å². The Bertz CT molecular complexity index is 749. The Kier molecular flexibility index (Phi) is 5.16. The van der Waals surface area contributed by atoms with Crippen LogP contribution in [0.2, 0.25) is 0 Å². The first kappa shape index (κ1) is 17.6. The number of carbonyl (C=O) groups excluding carboxylic acids is 1. The van der Waals surface area contributed by atoms with E-state index in [0.29, 0.717) is 12.5 Å². The smallest absolute Gasteiger partial charge is 0.223 e. The highest BCUT2D eigenvalue weighted by molar-refractivity contribution is 5.78. The minimum Gasteiger partial charge on any atom is -0.496 e. The van der Waals surface area contributed by atoms with Gasteiger partial charge in [0, 0.05) is 5.92 Å². The number of aryl methyl sites for hydroxylation is 1. The maximum absolute atomic E-state index is 12.5. The molecule has 1 aliphatic rings. The summed E-state index contributed by atoms with van der Waals surface area (Å²) in [5, 5.41) is 3.00. The zero-order valence-corrected chi connectivity index (χ0v) is 15.5. The third-order valence-electron chi connectivity index (χ3n) is 5.60. The van der Waals surface area contributed by atoms with E-state index < -0.39 is 0 Å². The van der Waals surface area contributed by atoms with Gasteiger partial charge in [-0.25, -0.2) is 0 Å². The molecule has 4 nitrogen and oxygen atoms in total. The molecule has 4 heteroatoms. The molecule has 1 aromatic heterocycles. The van der Waals surface area contributed by atoms with E-state index in [2.05, 4.69) is 25.2 Å². The van der Waals surface area contributed by atoms with Crippen LogP contribution in [0.4, 0.5) is 0 Å². The molecule has 0 saturated carbocycles. The molecule has 0 radical (unpaired) electrons. The first-order chi connectivity index (χ1) is 12.0. The van der Waals surface area contributed by atoms with Gasteiger partial charge in [0.1, 0.15) is 11.5 Å². The molecule has 1 aliphatic carbocycles. The maximum Gasteiger partial charge on any atom is 0.223 e. The number of ether oxygens (including phenoxy) is 1. The molecule has 1 amide bonds. The van der Waals surface area contributed by atoms with Gasteiger partial charge in [0.2, 0.25) is 5.91 Å². The van der Waals surface area contributed by atoms with Crippen LogP contribution >= 0.6 is 0 Å². The lowest BCUT2D eigenvalue weighted by Gasteiger charge is -2.31. The van der Waals surface area contributed by atoms with E-state index in [-0.39, 0.29) is 11.8 Å². The quantitative estimate of drug-likeness (QED) is 0.895. The van der Waals surface area contributed by atoms with E-state index >= 15 is 0 Å². The Morgan fingerprint density at radius 2 is 2.20 bits per heavy atom. The topological polar surface area (TPSA) is 51.5 Å². The summed E-state index contributed by atoms with van der Waals surface area (Å²) in [5.41, 5.74) is 5.33. The number of furan rings is 1. The van der Waals surface area contributed by atoms with E-state index in [4.69, 9.17) is 9.15 Å². The molecule has 3 rings (SSSR count). The second-order valence-corrected chi connectivity index (χ2v) is 7.07. The van der Waals surface area contributed by atoms with E-state index in [9.17, 15) is 4.79 Å². The van der Waals surface area contributed by atoms with E-state index in [1.54, 1.807) is 13.4 Å². The molecule has 0 fully saturated rings. The molecular formula is C21H27NO3. The van der Waals surface area contributed by atoms with Crippen LogP contribution in [0.5, 0.6) is 5.75 Å². The Labute approximate surface area is 149 Å². The zero-order valence-electron chi connectivity index (χ0n) is 15.5. The van der Waals surface area contributed by atoms with Gasteiger partial charge in [0.05, 0.1) is 19.9 Å². The summed E-state index contributed by atoms with van der Waals surface area (Å²) in [5.74, 6) is 2.17. The van der Waals surface area contributed by atoms with Crippen molar-refractivity contribution in [3.05, 3.63) is 52.5 Å². The third kappa shape index (κ3) is 3.58. The number of fused-ring (bicyclic) bond motifs is 1. The van der Waals surface area contributed by atoms with Crippen LogP contribution < -0.4 is 10.1 Å². The highest BCUT2D eigenvalue weighted by Crippen LogP contribution is 2.37. The predicted octanol–water partition coefficient (Wildman–Crippen LogP) is 3.96. The van der Waals surface area contributed by atoms with Gasteiger partial charge in [-0.15, -0.1) is 0 Å². The molecule has 0 saturated heterocycles. The molecule has 1 heterocycles. The Hall–Kier alpha value is -2.23. The minimum absolute atomic E-state index is 0.0194. The molecule has 0 spiro atoms. The summed E-state index contributed by atoms with van der Waals surface area (Å²) in [6, 6.07) is 5.84. The van der Waals surface area contributed by atoms with Gasteiger partial charge >= 0.3 is 0 Å². The van der Waals surface area contributed by atoms with Crippen LogP contribution in [-0.4, -0.2) is 13.0 Å². The highest BCUT2D eigenvalue weighted by Gasteiger charge is 2.30. The summed E-state index contributed by atoms with van der Waals surface area (Å²) < 4.78 is 10.8. The molecule has 0 aliphatic heterocycles. The monoisotopic (exact) mass is 341 g/mol. The number of amides is 1. The van der Waals surface area contributed by atoms with Gasteiger partial charge in [0.25, 0.3) is 0 Å². The standard InChI is InChI=1S/C21H27NO3/c1-13-10-20(24-4)15(3)19-11-16(7-8-18(13)19)14(2)21(23)22-12-17-6-5-9-25-17/h5-6,9-10,14,16H,7-8,11-12H2,1-4H3,(H,22,23)/t14-,16?/m0/s1. The molecule has 1 unspecified atom stereocenters. The second-order valence-electron chi connectivity index (χ2n) is 7.07. The lowest BCUT2D eigenvalue weighted by atomic mass is 9.74. The maximum atomic E-state index is 12.5. The lowest BCUT2D eigenvalue weighted by Crippen LogP contribution is -2.35. The summed E-state index contributed by atoms with van der Waals surface area (Å²) in [6.45, 7) is 6.77.